The van der Waals surface area contributed by atoms with E-state index in [4.69, 9.17) is 5.73 Å². The second kappa shape index (κ2) is 5.45. The summed E-state index contributed by atoms with van der Waals surface area (Å²) in [6, 6.07) is -0.0115. The van der Waals surface area contributed by atoms with Crippen molar-refractivity contribution >= 4 is 5.91 Å². The highest BCUT2D eigenvalue weighted by Gasteiger charge is 2.15. The Kier molecular flexibility index (Phi) is 4.23. The first-order valence-corrected chi connectivity index (χ1v) is 4.99. The number of carbonyl (C=O) groups excluding carboxylic acids is 1. The standard InChI is InChI=1S/C9H17N5O/c1-6(2)3-7(4-10)13-9(15)8-11-5-12-14-8/h5-7H,3-4,10H2,1-2H3,(H,13,15)(H,11,12,14). The van der Waals surface area contributed by atoms with Gasteiger partial charge in [0.2, 0.25) is 5.82 Å². The number of rotatable bonds is 5. The van der Waals surface area contributed by atoms with Crippen molar-refractivity contribution in [3.63, 3.8) is 0 Å². The Morgan fingerprint density at radius 2 is 2.40 bits per heavy atom. The SMILES string of the molecule is CC(C)CC(CN)NC(=O)c1ncn[nH]1. The van der Waals surface area contributed by atoms with Crippen molar-refractivity contribution < 1.29 is 4.79 Å². The number of aromatic nitrogens is 3. The molecule has 6 nitrogen and oxygen atoms in total. The van der Waals surface area contributed by atoms with Crippen molar-refractivity contribution in [3.8, 4) is 0 Å². The Labute approximate surface area is 88.7 Å². The van der Waals surface area contributed by atoms with E-state index in [9.17, 15) is 4.79 Å². The minimum Gasteiger partial charge on any atom is -0.345 e. The van der Waals surface area contributed by atoms with Crippen LogP contribution in [0.25, 0.3) is 0 Å². The molecule has 0 spiro atoms. The predicted molar refractivity (Wildman–Crippen MR) is 56.1 cm³/mol. The molecule has 6 heteroatoms. The monoisotopic (exact) mass is 211 g/mol. The highest BCUT2D eigenvalue weighted by atomic mass is 16.2. The summed E-state index contributed by atoms with van der Waals surface area (Å²) >= 11 is 0. The molecule has 0 aromatic carbocycles. The number of nitrogens with zero attached hydrogens (tertiary/aromatic N) is 2. The summed E-state index contributed by atoms with van der Waals surface area (Å²) in [6.45, 7) is 4.60. The summed E-state index contributed by atoms with van der Waals surface area (Å²) in [4.78, 5) is 15.3. The maximum Gasteiger partial charge on any atom is 0.288 e. The number of carbonyl (C=O) groups is 1. The van der Waals surface area contributed by atoms with Crippen molar-refractivity contribution in [1.29, 1.82) is 0 Å². The van der Waals surface area contributed by atoms with E-state index in [2.05, 4.69) is 34.3 Å². The molecule has 84 valence electrons. The number of hydrogen-bond acceptors (Lipinski definition) is 4. The van der Waals surface area contributed by atoms with Crippen LogP contribution in [-0.2, 0) is 0 Å². The summed E-state index contributed by atoms with van der Waals surface area (Å²) in [7, 11) is 0. The first-order chi connectivity index (χ1) is 7.13. The van der Waals surface area contributed by atoms with E-state index in [-0.39, 0.29) is 17.8 Å². The van der Waals surface area contributed by atoms with Crippen LogP contribution < -0.4 is 11.1 Å². The summed E-state index contributed by atoms with van der Waals surface area (Å²) < 4.78 is 0. The lowest BCUT2D eigenvalue weighted by molar-refractivity contribution is 0.0923. The molecule has 15 heavy (non-hydrogen) atoms. The van der Waals surface area contributed by atoms with Gasteiger partial charge in [0.05, 0.1) is 0 Å². The van der Waals surface area contributed by atoms with Gasteiger partial charge in [0.15, 0.2) is 0 Å². The second-order valence-electron chi connectivity index (χ2n) is 3.87. The van der Waals surface area contributed by atoms with Crippen molar-refractivity contribution in [2.24, 2.45) is 11.7 Å². The summed E-state index contributed by atoms with van der Waals surface area (Å²) in [5.74, 6) is 0.453. The maximum atomic E-state index is 11.6. The molecule has 1 amide bonds. The average Bonchev–Trinajstić information content (AvgIpc) is 2.68. The lowest BCUT2D eigenvalue weighted by Gasteiger charge is -2.17. The van der Waals surface area contributed by atoms with Gasteiger partial charge >= 0.3 is 0 Å². The Morgan fingerprint density at radius 3 is 2.87 bits per heavy atom. The van der Waals surface area contributed by atoms with Crippen LogP contribution in [-0.4, -0.2) is 33.7 Å². The molecule has 0 aliphatic carbocycles. The lowest BCUT2D eigenvalue weighted by atomic mass is 10.0. The van der Waals surface area contributed by atoms with E-state index in [0.717, 1.165) is 6.42 Å². The zero-order valence-electron chi connectivity index (χ0n) is 9.03. The van der Waals surface area contributed by atoms with Gasteiger partial charge in [-0.25, -0.2) is 4.98 Å². The van der Waals surface area contributed by atoms with Crippen LogP contribution in [0.4, 0.5) is 0 Å². The number of nitrogens with one attached hydrogen (secondary N) is 2. The number of hydrogen-bond donors (Lipinski definition) is 3. The number of nitrogens with two attached hydrogens (primary N) is 1. The third-order valence-electron chi connectivity index (χ3n) is 2.01. The third kappa shape index (κ3) is 3.67. The highest BCUT2D eigenvalue weighted by Crippen LogP contribution is 2.03. The molecule has 1 unspecified atom stereocenters. The first-order valence-electron chi connectivity index (χ1n) is 4.99. The second-order valence-corrected chi connectivity index (χ2v) is 3.87. The largest absolute Gasteiger partial charge is 0.345 e. The molecule has 1 aromatic heterocycles. The minimum atomic E-state index is -0.261. The van der Waals surface area contributed by atoms with Crippen molar-refractivity contribution in [2.75, 3.05) is 6.54 Å². The van der Waals surface area contributed by atoms with E-state index in [0.29, 0.717) is 12.5 Å². The van der Waals surface area contributed by atoms with E-state index in [1.54, 1.807) is 0 Å². The fourth-order valence-corrected chi connectivity index (χ4v) is 1.35. The van der Waals surface area contributed by atoms with Crippen LogP contribution in [0.5, 0.6) is 0 Å². The molecule has 0 fully saturated rings. The van der Waals surface area contributed by atoms with Gasteiger partial charge in [-0.3, -0.25) is 9.89 Å². The molecule has 0 aliphatic heterocycles. The van der Waals surface area contributed by atoms with Crippen LogP contribution in [0.2, 0.25) is 0 Å². The van der Waals surface area contributed by atoms with Crippen LogP contribution in [0, 0.1) is 5.92 Å². The van der Waals surface area contributed by atoms with Gasteiger partial charge in [-0.05, 0) is 12.3 Å². The topological polar surface area (TPSA) is 96.7 Å². The van der Waals surface area contributed by atoms with Gasteiger partial charge in [0.1, 0.15) is 6.33 Å². The van der Waals surface area contributed by atoms with E-state index >= 15 is 0 Å². The molecule has 0 bridgehead atoms. The van der Waals surface area contributed by atoms with Gasteiger partial charge in [0, 0.05) is 12.6 Å². The molecule has 0 radical (unpaired) electrons. The van der Waals surface area contributed by atoms with Gasteiger partial charge in [-0.1, -0.05) is 13.8 Å². The molecule has 0 saturated carbocycles. The normalized spacial score (nSPS) is 12.8. The number of amides is 1. The van der Waals surface area contributed by atoms with Crippen LogP contribution in [0.15, 0.2) is 6.33 Å². The molecule has 1 aromatic rings. The maximum absolute atomic E-state index is 11.6. The smallest absolute Gasteiger partial charge is 0.288 e. The molecule has 1 heterocycles. The molecular weight excluding hydrogens is 194 g/mol. The molecule has 0 aliphatic rings. The van der Waals surface area contributed by atoms with Gasteiger partial charge in [-0.2, -0.15) is 5.10 Å². The van der Waals surface area contributed by atoms with E-state index in [1.165, 1.54) is 6.33 Å². The third-order valence-corrected chi connectivity index (χ3v) is 2.01. The fourth-order valence-electron chi connectivity index (χ4n) is 1.35. The molecule has 1 rings (SSSR count). The van der Waals surface area contributed by atoms with Gasteiger partial charge in [-0.15, -0.1) is 0 Å². The number of aromatic amines is 1. The minimum absolute atomic E-state index is 0.0115. The lowest BCUT2D eigenvalue weighted by Crippen LogP contribution is -2.41. The summed E-state index contributed by atoms with van der Waals surface area (Å²) in [5.41, 5.74) is 5.56. The highest BCUT2D eigenvalue weighted by molar-refractivity contribution is 5.90. The van der Waals surface area contributed by atoms with Crippen molar-refractivity contribution in [3.05, 3.63) is 12.2 Å². The Hall–Kier alpha value is -1.43. The van der Waals surface area contributed by atoms with E-state index in [1.807, 2.05) is 0 Å². The average molecular weight is 211 g/mol. The molecule has 4 N–H and O–H groups in total. The summed E-state index contributed by atoms with van der Waals surface area (Å²) in [5, 5.41) is 8.92. The molecule has 1 atom stereocenters. The quantitative estimate of drug-likeness (QED) is 0.634. The fraction of sp³-hybridized carbons (Fsp3) is 0.667. The zero-order chi connectivity index (χ0) is 11.3. The Morgan fingerprint density at radius 1 is 1.67 bits per heavy atom. The first kappa shape index (κ1) is 11.6. The Bertz CT molecular complexity index is 295. The summed E-state index contributed by atoms with van der Waals surface area (Å²) in [6.07, 6.45) is 2.16. The number of H-pyrrole nitrogens is 1. The van der Waals surface area contributed by atoms with Crippen LogP contribution in [0.3, 0.4) is 0 Å². The molecular formula is C9H17N5O. The van der Waals surface area contributed by atoms with Crippen LogP contribution in [0.1, 0.15) is 30.9 Å². The van der Waals surface area contributed by atoms with Crippen molar-refractivity contribution in [2.45, 2.75) is 26.3 Å². The predicted octanol–water partition coefficient (Wildman–Crippen LogP) is -0.0921. The van der Waals surface area contributed by atoms with Crippen LogP contribution >= 0.6 is 0 Å². The van der Waals surface area contributed by atoms with Gasteiger partial charge < -0.3 is 11.1 Å². The zero-order valence-corrected chi connectivity index (χ0v) is 9.03. The molecule has 0 saturated heterocycles. The Balaban J connectivity index is 2.48. The van der Waals surface area contributed by atoms with E-state index < -0.39 is 0 Å². The van der Waals surface area contributed by atoms with Crippen molar-refractivity contribution in [1.82, 2.24) is 20.5 Å². The van der Waals surface area contributed by atoms with Gasteiger partial charge in [0.25, 0.3) is 5.91 Å².